The first-order valence-corrected chi connectivity index (χ1v) is 5.83. The van der Waals surface area contributed by atoms with Gasteiger partial charge in [0.15, 0.2) is 0 Å². The lowest BCUT2D eigenvalue weighted by Gasteiger charge is -2.10. The molecule has 5 heteroatoms. The molecule has 0 aliphatic heterocycles. The van der Waals surface area contributed by atoms with Gasteiger partial charge in [0.2, 0.25) is 0 Å². The maximum absolute atomic E-state index is 13.1. The second-order valence-corrected chi connectivity index (χ2v) is 4.53. The van der Waals surface area contributed by atoms with Gasteiger partial charge in [-0.25, -0.2) is 4.39 Å². The van der Waals surface area contributed by atoms with Crippen molar-refractivity contribution in [2.45, 2.75) is 13.8 Å². The standard InChI is InChI=1S/C12H17ClFNO2/c1-8(2)7-16-3-4-17-12-6-10(14)9(13)5-11(12)15/h5-6,8H,3-4,7,15H2,1-2H3. The van der Waals surface area contributed by atoms with Gasteiger partial charge < -0.3 is 15.2 Å². The molecule has 1 rings (SSSR count). The average molecular weight is 262 g/mol. The van der Waals surface area contributed by atoms with Crippen LogP contribution in [0.4, 0.5) is 10.1 Å². The average Bonchev–Trinajstić information content (AvgIpc) is 2.24. The van der Waals surface area contributed by atoms with E-state index in [1.807, 2.05) is 0 Å². The first kappa shape index (κ1) is 14.1. The summed E-state index contributed by atoms with van der Waals surface area (Å²) in [6.45, 7) is 5.58. The molecule has 0 spiro atoms. The minimum Gasteiger partial charge on any atom is -0.489 e. The molecule has 0 fully saturated rings. The quantitative estimate of drug-likeness (QED) is 0.632. The lowest BCUT2D eigenvalue weighted by molar-refractivity contribution is 0.0820. The van der Waals surface area contributed by atoms with E-state index in [-0.39, 0.29) is 5.02 Å². The molecule has 0 atom stereocenters. The van der Waals surface area contributed by atoms with E-state index >= 15 is 0 Å². The van der Waals surface area contributed by atoms with Crippen LogP contribution in [0.25, 0.3) is 0 Å². The number of anilines is 1. The Labute approximate surface area is 106 Å². The molecule has 0 unspecified atom stereocenters. The number of nitrogen functional groups attached to an aromatic ring is 1. The van der Waals surface area contributed by atoms with E-state index in [1.165, 1.54) is 12.1 Å². The van der Waals surface area contributed by atoms with Crippen molar-refractivity contribution in [2.24, 2.45) is 5.92 Å². The Morgan fingerprint density at radius 3 is 2.71 bits per heavy atom. The SMILES string of the molecule is CC(C)COCCOc1cc(F)c(Cl)cc1N. The molecular formula is C12H17ClFNO2. The van der Waals surface area contributed by atoms with E-state index in [0.717, 1.165) is 0 Å². The van der Waals surface area contributed by atoms with Gasteiger partial charge in [0.1, 0.15) is 18.2 Å². The first-order valence-electron chi connectivity index (χ1n) is 5.45. The van der Waals surface area contributed by atoms with Gasteiger partial charge in [-0.15, -0.1) is 0 Å². The number of ether oxygens (including phenoxy) is 2. The van der Waals surface area contributed by atoms with Crippen LogP contribution in [-0.2, 0) is 4.74 Å². The normalized spacial score (nSPS) is 10.9. The van der Waals surface area contributed by atoms with Crippen molar-refractivity contribution in [1.29, 1.82) is 0 Å². The van der Waals surface area contributed by atoms with Crippen LogP contribution in [0.15, 0.2) is 12.1 Å². The molecular weight excluding hydrogens is 245 g/mol. The molecule has 3 nitrogen and oxygen atoms in total. The van der Waals surface area contributed by atoms with E-state index in [4.69, 9.17) is 26.8 Å². The Hall–Kier alpha value is -1.00. The van der Waals surface area contributed by atoms with Crippen LogP contribution >= 0.6 is 11.6 Å². The number of nitrogens with two attached hydrogens (primary N) is 1. The summed E-state index contributed by atoms with van der Waals surface area (Å²) in [5, 5.41) is -0.00842. The molecule has 0 aromatic heterocycles. The molecule has 0 bridgehead atoms. The van der Waals surface area contributed by atoms with Crippen LogP contribution in [0, 0.1) is 11.7 Å². The maximum Gasteiger partial charge on any atom is 0.145 e. The summed E-state index contributed by atoms with van der Waals surface area (Å²) in [6.07, 6.45) is 0. The van der Waals surface area contributed by atoms with Crippen LogP contribution in [0.2, 0.25) is 5.02 Å². The van der Waals surface area contributed by atoms with Gasteiger partial charge in [-0.1, -0.05) is 25.4 Å². The van der Waals surface area contributed by atoms with E-state index in [9.17, 15) is 4.39 Å². The Balaban J connectivity index is 2.39. The molecule has 1 aromatic carbocycles. The highest BCUT2D eigenvalue weighted by Crippen LogP contribution is 2.27. The first-order chi connectivity index (χ1) is 8.00. The molecule has 0 heterocycles. The third-order valence-electron chi connectivity index (χ3n) is 1.99. The fourth-order valence-corrected chi connectivity index (χ4v) is 1.37. The monoisotopic (exact) mass is 261 g/mol. The van der Waals surface area contributed by atoms with Gasteiger partial charge in [0.25, 0.3) is 0 Å². The van der Waals surface area contributed by atoms with Gasteiger partial charge in [-0.05, 0) is 12.0 Å². The van der Waals surface area contributed by atoms with Gasteiger partial charge in [0.05, 0.1) is 17.3 Å². The summed E-state index contributed by atoms with van der Waals surface area (Å²) in [7, 11) is 0. The highest BCUT2D eigenvalue weighted by atomic mass is 35.5. The Morgan fingerprint density at radius 2 is 2.06 bits per heavy atom. The predicted molar refractivity (Wildman–Crippen MR) is 67.0 cm³/mol. The molecule has 0 radical (unpaired) electrons. The van der Waals surface area contributed by atoms with E-state index in [2.05, 4.69) is 13.8 Å². The molecule has 17 heavy (non-hydrogen) atoms. The fourth-order valence-electron chi connectivity index (χ4n) is 1.20. The van der Waals surface area contributed by atoms with E-state index in [1.54, 1.807) is 0 Å². The Morgan fingerprint density at radius 1 is 1.35 bits per heavy atom. The number of benzene rings is 1. The van der Waals surface area contributed by atoms with Gasteiger partial charge in [0, 0.05) is 12.7 Å². The summed E-state index contributed by atoms with van der Waals surface area (Å²) in [5.41, 5.74) is 5.96. The van der Waals surface area contributed by atoms with Gasteiger partial charge in [-0.3, -0.25) is 0 Å². The topological polar surface area (TPSA) is 44.5 Å². The lowest BCUT2D eigenvalue weighted by atomic mass is 10.2. The van der Waals surface area contributed by atoms with Gasteiger partial charge in [-0.2, -0.15) is 0 Å². The van der Waals surface area contributed by atoms with Crippen molar-refractivity contribution < 1.29 is 13.9 Å². The summed E-state index contributed by atoms with van der Waals surface area (Å²) in [4.78, 5) is 0. The van der Waals surface area contributed by atoms with Crippen molar-refractivity contribution in [1.82, 2.24) is 0 Å². The van der Waals surface area contributed by atoms with Gasteiger partial charge >= 0.3 is 0 Å². The second-order valence-electron chi connectivity index (χ2n) is 4.12. The van der Waals surface area contributed by atoms with Crippen LogP contribution < -0.4 is 10.5 Å². The molecule has 0 aliphatic carbocycles. The van der Waals surface area contributed by atoms with Crippen LogP contribution in [0.5, 0.6) is 5.75 Å². The third-order valence-corrected chi connectivity index (χ3v) is 2.28. The molecule has 96 valence electrons. The molecule has 1 aromatic rings. The number of hydrogen-bond donors (Lipinski definition) is 1. The maximum atomic E-state index is 13.1. The van der Waals surface area contributed by atoms with Crippen molar-refractivity contribution in [3.8, 4) is 5.75 Å². The summed E-state index contributed by atoms with van der Waals surface area (Å²) in [6, 6.07) is 2.52. The van der Waals surface area contributed by atoms with Crippen molar-refractivity contribution >= 4 is 17.3 Å². The molecule has 0 saturated carbocycles. The van der Waals surface area contributed by atoms with Crippen LogP contribution in [0.1, 0.15) is 13.8 Å². The molecule has 0 amide bonds. The highest BCUT2D eigenvalue weighted by molar-refractivity contribution is 6.31. The summed E-state index contributed by atoms with van der Waals surface area (Å²) < 4.78 is 23.8. The van der Waals surface area contributed by atoms with E-state index < -0.39 is 5.82 Å². The van der Waals surface area contributed by atoms with Crippen molar-refractivity contribution in [3.63, 3.8) is 0 Å². The lowest BCUT2D eigenvalue weighted by Crippen LogP contribution is -2.11. The number of hydrogen-bond acceptors (Lipinski definition) is 3. The predicted octanol–water partition coefficient (Wildman–Crippen LogP) is 3.11. The van der Waals surface area contributed by atoms with Crippen molar-refractivity contribution in [3.05, 3.63) is 23.0 Å². The second kappa shape index (κ2) is 6.67. The largest absolute Gasteiger partial charge is 0.489 e. The zero-order valence-corrected chi connectivity index (χ0v) is 10.8. The Kier molecular flexibility index (Phi) is 5.51. The molecule has 2 N–H and O–H groups in total. The minimum atomic E-state index is -0.543. The van der Waals surface area contributed by atoms with Crippen molar-refractivity contribution in [2.75, 3.05) is 25.6 Å². The van der Waals surface area contributed by atoms with Crippen LogP contribution in [0.3, 0.4) is 0 Å². The summed E-state index contributed by atoms with van der Waals surface area (Å²) in [5.74, 6) is 0.229. The number of halogens is 2. The van der Waals surface area contributed by atoms with Crippen LogP contribution in [-0.4, -0.2) is 19.8 Å². The minimum absolute atomic E-state index is 0.00842. The Bertz CT molecular complexity index is 372. The summed E-state index contributed by atoms with van der Waals surface area (Å²) >= 11 is 5.57. The molecule has 0 aliphatic rings. The molecule has 0 saturated heterocycles. The van der Waals surface area contributed by atoms with E-state index in [0.29, 0.717) is 37.2 Å². The number of rotatable bonds is 6. The zero-order chi connectivity index (χ0) is 12.8. The highest BCUT2D eigenvalue weighted by Gasteiger charge is 2.07. The fraction of sp³-hybridized carbons (Fsp3) is 0.500. The third kappa shape index (κ3) is 4.79. The smallest absolute Gasteiger partial charge is 0.145 e. The zero-order valence-electron chi connectivity index (χ0n) is 10.0.